The van der Waals surface area contributed by atoms with E-state index in [-0.39, 0.29) is 21.9 Å². The summed E-state index contributed by atoms with van der Waals surface area (Å²) >= 11 is 0. The maximum Gasteiger partial charge on any atom is 0.272 e. The van der Waals surface area contributed by atoms with E-state index in [4.69, 9.17) is 0 Å². The average Bonchev–Trinajstić information content (AvgIpc) is 2.54. The van der Waals surface area contributed by atoms with Crippen LogP contribution in [0.1, 0.15) is 56.7 Å². The van der Waals surface area contributed by atoms with Crippen molar-refractivity contribution in [3.8, 4) is 0 Å². The van der Waals surface area contributed by atoms with Gasteiger partial charge in [-0.05, 0) is 38.7 Å². The van der Waals surface area contributed by atoms with E-state index in [2.05, 4.69) is 5.32 Å². The monoisotopic (exact) mass is 338 g/mol. The van der Waals surface area contributed by atoms with Gasteiger partial charge in [0.2, 0.25) is 0 Å². The number of nitrogens with zero attached hydrogens (tertiary/aromatic N) is 1. The molecule has 0 unspecified atom stereocenters. The zero-order chi connectivity index (χ0) is 17.0. The molecule has 0 saturated heterocycles. The lowest BCUT2D eigenvalue weighted by Gasteiger charge is -2.31. The highest BCUT2D eigenvalue weighted by molar-refractivity contribution is 7.85. The molecule has 6 heteroatoms. The Balaban J connectivity index is 2.04. The summed E-state index contributed by atoms with van der Waals surface area (Å²) in [6, 6.07) is 5.80. The van der Waals surface area contributed by atoms with E-state index >= 15 is 0 Å². The van der Waals surface area contributed by atoms with Crippen LogP contribution in [0.25, 0.3) is 0 Å². The second kappa shape index (κ2) is 8.02. The zero-order valence-corrected chi connectivity index (χ0v) is 14.9. The van der Waals surface area contributed by atoms with Gasteiger partial charge in [-0.1, -0.05) is 25.5 Å². The van der Waals surface area contributed by atoms with Crippen LogP contribution in [0.15, 0.2) is 18.2 Å². The quantitative estimate of drug-likeness (QED) is 0.635. The van der Waals surface area contributed by atoms with Crippen LogP contribution >= 0.6 is 0 Å². The van der Waals surface area contributed by atoms with Crippen LogP contribution < -0.4 is 5.32 Å². The zero-order valence-electron chi connectivity index (χ0n) is 14.1. The standard InChI is InChI=1S/C17H26N2O3S/c1-4-23(22)16-7-5-6-15(11-16)18-13(3)14-9-8-12(2)17(10-14)19(20)21/h8-10,13,15-16,18H,4-7,11H2,1-3H3/t13-,15-,16-,23+/m1/s1. The summed E-state index contributed by atoms with van der Waals surface area (Å²) < 4.78 is 12.0. The van der Waals surface area contributed by atoms with Gasteiger partial charge in [0.25, 0.3) is 5.69 Å². The molecule has 1 aromatic carbocycles. The Morgan fingerprint density at radius 3 is 2.83 bits per heavy atom. The van der Waals surface area contributed by atoms with Gasteiger partial charge in [-0.15, -0.1) is 0 Å². The van der Waals surface area contributed by atoms with Gasteiger partial charge in [-0.3, -0.25) is 14.3 Å². The fourth-order valence-electron chi connectivity index (χ4n) is 3.31. The molecule has 0 heterocycles. The Hall–Kier alpha value is -1.27. The first kappa shape index (κ1) is 18.1. The normalized spacial score (nSPS) is 24.1. The largest absolute Gasteiger partial charge is 0.307 e. The maximum atomic E-state index is 12.0. The van der Waals surface area contributed by atoms with Crippen molar-refractivity contribution in [2.75, 3.05) is 5.75 Å². The molecule has 4 atom stereocenters. The van der Waals surface area contributed by atoms with E-state index in [0.29, 0.717) is 11.6 Å². The van der Waals surface area contributed by atoms with Crippen molar-refractivity contribution >= 4 is 16.5 Å². The van der Waals surface area contributed by atoms with Gasteiger partial charge in [0, 0.05) is 45.5 Å². The van der Waals surface area contributed by atoms with Gasteiger partial charge in [0.1, 0.15) is 0 Å². The van der Waals surface area contributed by atoms with E-state index in [1.165, 1.54) is 0 Å². The highest BCUT2D eigenvalue weighted by atomic mass is 32.2. The lowest BCUT2D eigenvalue weighted by Crippen LogP contribution is -2.39. The van der Waals surface area contributed by atoms with Crippen molar-refractivity contribution in [1.29, 1.82) is 0 Å². The lowest BCUT2D eigenvalue weighted by atomic mass is 9.93. The topological polar surface area (TPSA) is 72.2 Å². The third-order valence-corrected chi connectivity index (χ3v) is 6.44. The smallest absolute Gasteiger partial charge is 0.272 e. The second-order valence-electron chi connectivity index (χ2n) is 6.35. The average molecular weight is 338 g/mol. The van der Waals surface area contributed by atoms with Crippen molar-refractivity contribution in [1.82, 2.24) is 5.32 Å². The first-order chi connectivity index (χ1) is 10.9. The van der Waals surface area contributed by atoms with Gasteiger partial charge >= 0.3 is 0 Å². The van der Waals surface area contributed by atoms with Gasteiger partial charge in [-0.2, -0.15) is 0 Å². The Kier molecular flexibility index (Phi) is 6.30. The van der Waals surface area contributed by atoms with Gasteiger partial charge < -0.3 is 5.32 Å². The van der Waals surface area contributed by atoms with Crippen LogP contribution in [-0.4, -0.2) is 26.2 Å². The third-order valence-electron chi connectivity index (χ3n) is 4.70. The Morgan fingerprint density at radius 2 is 2.17 bits per heavy atom. The maximum absolute atomic E-state index is 12.0. The molecule has 23 heavy (non-hydrogen) atoms. The molecule has 0 amide bonds. The van der Waals surface area contributed by atoms with Crippen LogP contribution in [0.4, 0.5) is 5.69 Å². The van der Waals surface area contributed by atoms with E-state index in [9.17, 15) is 14.3 Å². The number of rotatable bonds is 6. The van der Waals surface area contributed by atoms with Crippen LogP contribution in [0.5, 0.6) is 0 Å². The number of nitro benzene ring substituents is 1. The van der Waals surface area contributed by atoms with E-state index in [1.54, 1.807) is 13.0 Å². The molecule has 0 spiro atoms. The minimum Gasteiger partial charge on any atom is -0.307 e. The molecule has 1 N–H and O–H groups in total. The fourth-order valence-corrected chi connectivity index (χ4v) is 4.66. The van der Waals surface area contributed by atoms with Crippen molar-refractivity contribution in [2.45, 2.75) is 63.8 Å². The minimum atomic E-state index is -0.736. The number of nitro groups is 1. The van der Waals surface area contributed by atoms with Gasteiger partial charge in [0.15, 0.2) is 0 Å². The number of benzene rings is 1. The highest BCUT2D eigenvalue weighted by Crippen LogP contribution is 2.27. The van der Waals surface area contributed by atoms with E-state index < -0.39 is 10.8 Å². The first-order valence-corrected chi connectivity index (χ1v) is 9.68. The van der Waals surface area contributed by atoms with Gasteiger partial charge in [-0.25, -0.2) is 0 Å². The molecular weight excluding hydrogens is 312 g/mol. The number of hydrogen-bond acceptors (Lipinski definition) is 4. The summed E-state index contributed by atoms with van der Waals surface area (Å²) in [5.74, 6) is 0.719. The Morgan fingerprint density at radius 1 is 1.43 bits per heavy atom. The fraction of sp³-hybridized carbons (Fsp3) is 0.647. The lowest BCUT2D eigenvalue weighted by molar-refractivity contribution is -0.385. The second-order valence-corrected chi connectivity index (χ2v) is 8.35. The molecule has 1 saturated carbocycles. The van der Waals surface area contributed by atoms with Crippen LogP contribution in [-0.2, 0) is 10.8 Å². The summed E-state index contributed by atoms with van der Waals surface area (Å²) in [6.07, 6.45) is 4.15. The van der Waals surface area contributed by atoms with Crippen molar-refractivity contribution in [3.05, 3.63) is 39.4 Å². The SMILES string of the molecule is CC[S@](=O)[C@@H]1CCC[C@@H](N[C@H](C)c2ccc(C)c([N+](=O)[O-])c2)C1. The van der Waals surface area contributed by atoms with Crippen LogP contribution in [0.2, 0.25) is 0 Å². The highest BCUT2D eigenvalue weighted by Gasteiger charge is 2.26. The molecule has 2 rings (SSSR count). The first-order valence-electron chi connectivity index (χ1n) is 8.30. The van der Waals surface area contributed by atoms with Crippen LogP contribution in [0.3, 0.4) is 0 Å². The number of hydrogen-bond donors (Lipinski definition) is 1. The molecular formula is C17H26N2O3S. The summed E-state index contributed by atoms with van der Waals surface area (Å²) in [6.45, 7) is 5.77. The van der Waals surface area contributed by atoms with Gasteiger partial charge in [0.05, 0.1) is 4.92 Å². The predicted octanol–water partition coefficient (Wildman–Crippen LogP) is 3.63. The van der Waals surface area contributed by atoms with Crippen molar-refractivity contribution < 1.29 is 9.13 Å². The molecule has 128 valence electrons. The predicted molar refractivity (Wildman–Crippen MR) is 94.1 cm³/mol. The minimum absolute atomic E-state index is 0.0492. The summed E-state index contributed by atoms with van der Waals surface area (Å²) in [7, 11) is -0.736. The molecule has 0 aliphatic heterocycles. The molecule has 1 aromatic rings. The summed E-state index contributed by atoms with van der Waals surface area (Å²) in [5, 5.41) is 14.9. The van der Waals surface area contributed by atoms with Crippen molar-refractivity contribution in [3.63, 3.8) is 0 Å². The Labute approximate surface area is 140 Å². The molecule has 5 nitrogen and oxygen atoms in total. The molecule has 0 radical (unpaired) electrons. The molecule has 0 aromatic heterocycles. The molecule has 1 aliphatic carbocycles. The number of nitrogens with one attached hydrogen (secondary N) is 1. The van der Waals surface area contributed by atoms with Crippen molar-refractivity contribution in [2.24, 2.45) is 0 Å². The summed E-state index contributed by atoms with van der Waals surface area (Å²) in [5.41, 5.74) is 1.79. The summed E-state index contributed by atoms with van der Waals surface area (Å²) in [4.78, 5) is 10.8. The number of aryl methyl sites for hydroxylation is 1. The molecule has 0 bridgehead atoms. The third kappa shape index (κ3) is 4.61. The van der Waals surface area contributed by atoms with Crippen LogP contribution in [0, 0.1) is 17.0 Å². The van der Waals surface area contributed by atoms with E-state index in [0.717, 1.165) is 37.0 Å². The van der Waals surface area contributed by atoms with E-state index in [1.807, 2.05) is 26.0 Å². The molecule has 1 fully saturated rings. The Bertz CT molecular complexity index is 591. The molecule has 1 aliphatic rings.